The van der Waals surface area contributed by atoms with Gasteiger partial charge in [0.05, 0.1) is 5.02 Å². The lowest BCUT2D eigenvalue weighted by atomic mass is 10.3. The number of hydrogen-bond acceptors (Lipinski definition) is 3. The molecule has 0 saturated carbocycles. The molecular formula is C7H7ClO3S. The number of rotatable bonds is 1. The lowest BCUT2D eigenvalue weighted by Crippen LogP contribution is -1.97. The third-order valence-electron chi connectivity index (χ3n) is 1.35. The van der Waals surface area contributed by atoms with E-state index in [1.807, 2.05) is 0 Å². The van der Waals surface area contributed by atoms with Gasteiger partial charge in [-0.3, -0.25) is 0 Å². The fourth-order valence-corrected chi connectivity index (χ4v) is 1.81. The highest BCUT2D eigenvalue weighted by molar-refractivity contribution is 7.90. The Kier molecular flexibility index (Phi) is 2.30. The quantitative estimate of drug-likeness (QED) is 0.757. The van der Waals surface area contributed by atoms with Crippen LogP contribution in [0.15, 0.2) is 23.1 Å². The Labute approximate surface area is 75.5 Å². The molecule has 1 aromatic rings. The van der Waals surface area contributed by atoms with Crippen LogP contribution in [-0.4, -0.2) is 19.8 Å². The van der Waals surface area contributed by atoms with E-state index in [0.29, 0.717) is 0 Å². The van der Waals surface area contributed by atoms with Crippen LogP contribution in [0.3, 0.4) is 0 Å². The van der Waals surface area contributed by atoms with Crippen molar-refractivity contribution < 1.29 is 13.5 Å². The number of sulfone groups is 1. The first kappa shape index (κ1) is 9.35. The Morgan fingerprint density at radius 3 is 2.42 bits per heavy atom. The summed E-state index contributed by atoms with van der Waals surface area (Å²) in [5.41, 5.74) is 0. The minimum Gasteiger partial charge on any atom is -0.505 e. The molecule has 0 amide bonds. The highest BCUT2D eigenvalue weighted by Crippen LogP contribution is 2.29. The number of hydrogen-bond donors (Lipinski definition) is 1. The standard InChI is InChI=1S/C7H7ClO3S/c1-12(10,11)6-4-2-3-5(8)7(6)9/h2-4,9H,1H3. The van der Waals surface area contributed by atoms with Crippen molar-refractivity contribution in [1.29, 1.82) is 0 Å². The molecule has 3 nitrogen and oxygen atoms in total. The smallest absolute Gasteiger partial charge is 0.179 e. The first-order chi connectivity index (χ1) is 5.43. The molecule has 1 N–H and O–H groups in total. The van der Waals surface area contributed by atoms with Crippen LogP contribution in [0, 0.1) is 0 Å². The van der Waals surface area contributed by atoms with Crippen molar-refractivity contribution in [1.82, 2.24) is 0 Å². The van der Waals surface area contributed by atoms with Gasteiger partial charge in [0.25, 0.3) is 0 Å². The van der Waals surface area contributed by atoms with E-state index in [1.165, 1.54) is 18.2 Å². The van der Waals surface area contributed by atoms with Gasteiger partial charge in [0.1, 0.15) is 4.90 Å². The van der Waals surface area contributed by atoms with Crippen molar-refractivity contribution >= 4 is 21.4 Å². The Morgan fingerprint density at radius 2 is 2.00 bits per heavy atom. The van der Waals surface area contributed by atoms with Crippen LogP contribution < -0.4 is 0 Å². The minimum atomic E-state index is -3.39. The molecule has 0 heterocycles. The minimum absolute atomic E-state index is 0.0397. The average Bonchev–Trinajstić information content (AvgIpc) is 1.92. The van der Waals surface area contributed by atoms with E-state index in [2.05, 4.69) is 0 Å². The molecule has 0 atom stereocenters. The van der Waals surface area contributed by atoms with Crippen LogP contribution in [0.25, 0.3) is 0 Å². The zero-order chi connectivity index (χ0) is 9.35. The summed E-state index contributed by atoms with van der Waals surface area (Å²) in [6.07, 6.45) is 1.01. The Balaban J connectivity index is 3.47. The molecule has 0 aliphatic carbocycles. The van der Waals surface area contributed by atoms with E-state index < -0.39 is 9.84 Å². The molecule has 1 rings (SSSR count). The first-order valence-corrected chi connectivity index (χ1v) is 5.37. The van der Waals surface area contributed by atoms with Gasteiger partial charge in [-0.1, -0.05) is 17.7 Å². The van der Waals surface area contributed by atoms with Crippen LogP contribution in [-0.2, 0) is 9.84 Å². The molecule has 0 unspecified atom stereocenters. The van der Waals surface area contributed by atoms with Crippen LogP contribution in [0.1, 0.15) is 0 Å². The van der Waals surface area contributed by atoms with Crippen molar-refractivity contribution in [3.63, 3.8) is 0 Å². The molecule has 0 aromatic heterocycles. The van der Waals surface area contributed by atoms with Crippen molar-refractivity contribution in [3.8, 4) is 5.75 Å². The Morgan fingerprint density at radius 1 is 1.42 bits per heavy atom. The molecule has 5 heteroatoms. The molecule has 0 saturated heterocycles. The van der Waals surface area contributed by atoms with Crippen molar-refractivity contribution in [2.75, 3.05) is 6.26 Å². The maximum absolute atomic E-state index is 11.0. The van der Waals surface area contributed by atoms with Gasteiger partial charge in [0, 0.05) is 6.26 Å². The predicted molar refractivity (Wildman–Crippen MR) is 46.2 cm³/mol. The van der Waals surface area contributed by atoms with Gasteiger partial charge in [0.2, 0.25) is 0 Å². The molecule has 0 aliphatic rings. The monoisotopic (exact) mass is 206 g/mol. The molecule has 66 valence electrons. The molecule has 0 radical (unpaired) electrons. The predicted octanol–water partition coefficient (Wildman–Crippen LogP) is 1.45. The zero-order valence-corrected chi connectivity index (χ0v) is 7.85. The largest absolute Gasteiger partial charge is 0.505 e. The molecule has 0 bridgehead atoms. The summed E-state index contributed by atoms with van der Waals surface area (Å²) in [4.78, 5) is -0.144. The summed E-state index contributed by atoms with van der Waals surface area (Å²) in [5.74, 6) is -0.387. The summed E-state index contributed by atoms with van der Waals surface area (Å²) in [6.45, 7) is 0. The Bertz CT molecular complexity index is 397. The third kappa shape index (κ3) is 1.70. The zero-order valence-electron chi connectivity index (χ0n) is 6.28. The van der Waals surface area contributed by atoms with Crippen molar-refractivity contribution in [2.45, 2.75) is 4.90 Å². The van der Waals surface area contributed by atoms with Crippen LogP contribution in [0.4, 0.5) is 0 Å². The second-order valence-corrected chi connectivity index (χ2v) is 4.75. The van der Waals surface area contributed by atoms with Gasteiger partial charge in [-0.05, 0) is 12.1 Å². The lowest BCUT2D eigenvalue weighted by Gasteiger charge is -2.02. The number of aromatic hydroxyl groups is 1. The van der Waals surface area contributed by atoms with E-state index in [4.69, 9.17) is 11.6 Å². The second-order valence-electron chi connectivity index (χ2n) is 2.36. The fourth-order valence-electron chi connectivity index (χ4n) is 0.795. The molecular weight excluding hydrogens is 200 g/mol. The molecule has 12 heavy (non-hydrogen) atoms. The SMILES string of the molecule is CS(=O)(=O)c1cccc(Cl)c1O. The van der Waals surface area contributed by atoms with E-state index in [9.17, 15) is 13.5 Å². The fraction of sp³-hybridized carbons (Fsp3) is 0.143. The number of benzene rings is 1. The lowest BCUT2D eigenvalue weighted by molar-refractivity contribution is 0.459. The van der Waals surface area contributed by atoms with E-state index in [1.54, 1.807) is 0 Å². The Hall–Kier alpha value is -0.740. The number of para-hydroxylation sites is 1. The third-order valence-corrected chi connectivity index (χ3v) is 2.78. The summed E-state index contributed by atoms with van der Waals surface area (Å²) in [7, 11) is -3.39. The number of halogens is 1. The van der Waals surface area contributed by atoms with Gasteiger partial charge in [-0.2, -0.15) is 0 Å². The summed E-state index contributed by atoms with van der Waals surface area (Å²) >= 11 is 5.51. The summed E-state index contributed by atoms with van der Waals surface area (Å²) < 4.78 is 22.0. The highest BCUT2D eigenvalue weighted by Gasteiger charge is 2.14. The van der Waals surface area contributed by atoms with Crippen molar-refractivity contribution in [2.24, 2.45) is 0 Å². The molecule has 0 aliphatic heterocycles. The summed E-state index contributed by atoms with van der Waals surface area (Å²) in [5, 5.41) is 9.26. The van der Waals surface area contributed by atoms with Gasteiger partial charge in [0.15, 0.2) is 15.6 Å². The number of phenols is 1. The van der Waals surface area contributed by atoms with Gasteiger partial charge < -0.3 is 5.11 Å². The number of phenolic OH excluding ortho intramolecular Hbond substituents is 1. The van der Waals surface area contributed by atoms with Crippen LogP contribution >= 0.6 is 11.6 Å². The second kappa shape index (κ2) is 2.95. The average molecular weight is 207 g/mol. The molecule has 0 fully saturated rings. The first-order valence-electron chi connectivity index (χ1n) is 3.10. The topological polar surface area (TPSA) is 54.4 Å². The molecule has 0 spiro atoms. The van der Waals surface area contributed by atoms with E-state index >= 15 is 0 Å². The van der Waals surface area contributed by atoms with Crippen LogP contribution in [0.5, 0.6) is 5.75 Å². The van der Waals surface area contributed by atoms with E-state index in [0.717, 1.165) is 6.26 Å². The van der Waals surface area contributed by atoms with Gasteiger partial charge in [-0.25, -0.2) is 8.42 Å². The maximum atomic E-state index is 11.0. The van der Waals surface area contributed by atoms with Gasteiger partial charge >= 0.3 is 0 Å². The highest BCUT2D eigenvalue weighted by atomic mass is 35.5. The van der Waals surface area contributed by atoms with Gasteiger partial charge in [-0.15, -0.1) is 0 Å². The normalized spacial score (nSPS) is 11.5. The van der Waals surface area contributed by atoms with E-state index in [-0.39, 0.29) is 15.7 Å². The summed E-state index contributed by atoms with van der Waals surface area (Å²) in [6, 6.07) is 4.19. The molecule has 1 aromatic carbocycles. The maximum Gasteiger partial charge on any atom is 0.179 e. The van der Waals surface area contributed by atoms with Crippen LogP contribution in [0.2, 0.25) is 5.02 Å². The van der Waals surface area contributed by atoms with Crippen molar-refractivity contribution in [3.05, 3.63) is 23.2 Å².